The summed E-state index contributed by atoms with van der Waals surface area (Å²) in [4.78, 5) is 25.4. The summed E-state index contributed by atoms with van der Waals surface area (Å²) >= 11 is 3.37. The molecule has 0 aliphatic rings. The molecule has 3 aromatic rings. The lowest BCUT2D eigenvalue weighted by atomic mass is 9.86. The smallest absolute Gasteiger partial charge is 0.257 e. The van der Waals surface area contributed by atoms with Crippen LogP contribution in [0.4, 0.5) is 11.4 Å². The van der Waals surface area contributed by atoms with Crippen LogP contribution in [0.2, 0.25) is 0 Å². The van der Waals surface area contributed by atoms with E-state index < -0.39 is 0 Å². The van der Waals surface area contributed by atoms with Crippen molar-refractivity contribution in [3.8, 4) is 0 Å². The second kappa shape index (κ2) is 8.62. The van der Waals surface area contributed by atoms with E-state index in [4.69, 9.17) is 0 Å². The maximum atomic E-state index is 12.7. The Morgan fingerprint density at radius 2 is 1.38 bits per heavy atom. The molecule has 2 amide bonds. The highest BCUT2D eigenvalue weighted by Gasteiger charge is 2.16. The zero-order valence-electron chi connectivity index (χ0n) is 16.6. The Kier molecular flexibility index (Phi) is 6.18. The van der Waals surface area contributed by atoms with Crippen LogP contribution < -0.4 is 10.6 Å². The molecule has 3 aromatic carbocycles. The maximum absolute atomic E-state index is 12.7. The molecule has 0 atom stereocenters. The van der Waals surface area contributed by atoms with Crippen molar-refractivity contribution in [2.45, 2.75) is 26.2 Å². The van der Waals surface area contributed by atoms with Crippen LogP contribution in [0, 0.1) is 0 Å². The van der Waals surface area contributed by atoms with Gasteiger partial charge in [-0.05, 0) is 59.5 Å². The molecule has 148 valence electrons. The molecule has 0 aliphatic heterocycles. The molecule has 0 unspecified atom stereocenters. The van der Waals surface area contributed by atoms with Crippen molar-refractivity contribution in [1.82, 2.24) is 0 Å². The number of carbonyl (C=O) groups excluding carboxylic acids is 2. The van der Waals surface area contributed by atoms with Gasteiger partial charge in [0, 0.05) is 15.7 Å². The molecule has 5 heteroatoms. The van der Waals surface area contributed by atoms with E-state index in [0.717, 1.165) is 10.0 Å². The van der Waals surface area contributed by atoms with Gasteiger partial charge >= 0.3 is 0 Å². The first kappa shape index (κ1) is 20.8. The van der Waals surface area contributed by atoms with Crippen molar-refractivity contribution in [1.29, 1.82) is 0 Å². The van der Waals surface area contributed by atoms with Crippen molar-refractivity contribution < 1.29 is 9.59 Å². The topological polar surface area (TPSA) is 58.2 Å². The van der Waals surface area contributed by atoms with Crippen LogP contribution in [0.1, 0.15) is 47.1 Å². The van der Waals surface area contributed by atoms with Crippen LogP contribution >= 0.6 is 15.9 Å². The summed E-state index contributed by atoms with van der Waals surface area (Å²) < 4.78 is 0.931. The number of rotatable bonds is 4. The maximum Gasteiger partial charge on any atom is 0.257 e. The first-order valence-corrected chi connectivity index (χ1v) is 10.1. The Hall–Kier alpha value is -2.92. The molecule has 0 bridgehead atoms. The quantitative estimate of drug-likeness (QED) is 0.493. The van der Waals surface area contributed by atoms with Crippen LogP contribution in [-0.2, 0) is 5.41 Å². The predicted molar refractivity (Wildman–Crippen MR) is 122 cm³/mol. The molecule has 0 fully saturated rings. The molecule has 4 nitrogen and oxygen atoms in total. The molecule has 29 heavy (non-hydrogen) atoms. The van der Waals surface area contributed by atoms with Gasteiger partial charge < -0.3 is 10.6 Å². The molecule has 0 heterocycles. The van der Waals surface area contributed by atoms with Crippen molar-refractivity contribution >= 4 is 39.1 Å². The Bertz CT molecular complexity index is 1020. The standard InChI is InChI=1S/C24H23BrN2O2/c1-24(2,3)17-10-8-16(9-11-17)22(28)27-21-7-5-4-6-20(21)23(29)26-19-14-12-18(25)13-15-19/h4-15H,1-3H3,(H,26,29)(H,27,28). The summed E-state index contributed by atoms with van der Waals surface area (Å²) in [6.07, 6.45) is 0. The van der Waals surface area contributed by atoms with Crippen LogP contribution in [0.5, 0.6) is 0 Å². The highest BCUT2D eigenvalue weighted by molar-refractivity contribution is 9.10. The zero-order chi connectivity index (χ0) is 21.0. The van der Waals surface area contributed by atoms with Crippen LogP contribution in [0.25, 0.3) is 0 Å². The second-order valence-electron chi connectivity index (χ2n) is 7.79. The van der Waals surface area contributed by atoms with Gasteiger partial charge in [0.15, 0.2) is 0 Å². The predicted octanol–water partition coefficient (Wildman–Crippen LogP) is 6.25. The van der Waals surface area contributed by atoms with Gasteiger partial charge in [0.25, 0.3) is 11.8 Å². The molecule has 0 saturated heterocycles. The number of carbonyl (C=O) groups is 2. The second-order valence-corrected chi connectivity index (χ2v) is 8.70. The van der Waals surface area contributed by atoms with Crippen molar-refractivity contribution in [2.24, 2.45) is 0 Å². The van der Waals surface area contributed by atoms with E-state index in [-0.39, 0.29) is 17.2 Å². The van der Waals surface area contributed by atoms with Gasteiger partial charge in [-0.1, -0.05) is 61.0 Å². The highest BCUT2D eigenvalue weighted by Crippen LogP contribution is 2.23. The first-order valence-electron chi connectivity index (χ1n) is 9.32. The van der Waals surface area contributed by atoms with Crippen LogP contribution in [0.3, 0.4) is 0 Å². The minimum Gasteiger partial charge on any atom is -0.322 e. The summed E-state index contributed by atoms with van der Waals surface area (Å²) in [6.45, 7) is 6.38. The Labute approximate surface area is 179 Å². The van der Waals surface area contributed by atoms with Gasteiger partial charge in [0.05, 0.1) is 11.3 Å². The average molecular weight is 451 g/mol. The van der Waals surface area contributed by atoms with E-state index in [1.54, 1.807) is 48.5 Å². The van der Waals surface area contributed by atoms with Gasteiger partial charge in [0.1, 0.15) is 0 Å². The van der Waals surface area contributed by atoms with Gasteiger partial charge in [-0.2, -0.15) is 0 Å². The molecule has 0 aliphatic carbocycles. The number of amides is 2. The molecule has 0 saturated carbocycles. The summed E-state index contributed by atoms with van der Waals surface area (Å²) in [5.41, 5.74) is 3.26. The van der Waals surface area contributed by atoms with Gasteiger partial charge in [-0.15, -0.1) is 0 Å². The van der Waals surface area contributed by atoms with Gasteiger partial charge in [-0.25, -0.2) is 0 Å². The molecular weight excluding hydrogens is 428 g/mol. The SMILES string of the molecule is CC(C)(C)c1ccc(C(=O)Nc2ccccc2C(=O)Nc2ccc(Br)cc2)cc1. The number of halogens is 1. The lowest BCUT2D eigenvalue weighted by Gasteiger charge is -2.19. The molecule has 3 rings (SSSR count). The molecule has 0 radical (unpaired) electrons. The fraction of sp³-hybridized carbons (Fsp3) is 0.167. The third kappa shape index (κ3) is 5.33. The van der Waals surface area contributed by atoms with Crippen LogP contribution in [0.15, 0.2) is 77.3 Å². The zero-order valence-corrected chi connectivity index (χ0v) is 18.2. The third-order valence-corrected chi connectivity index (χ3v) is 5.06. The van der Waals surface area contributed by atoms with Crippen molar-refractivity contribution in [2.75, 3.05) is 10.6 Å². The summed E-state index contributed by atoms with van der Waals surface area (Å²) in [5.74, 6) is -0.541. The van der Waals surface area contributed by atoms with E-state index in [2.05, 4.69) is 47.3 Å². The summed E-state index contributed by atoms with van der Waals surface area (Å²) in [5, 5.41) is 5.71. The highest BCUT2D eigenvalue weighted by atomic mass is 79.9. The van der Waals surface area contributed by atoms with E-state index >= 15 is 0 Å². The van der Waals surface area contributed by atoms with E-state index in [1.807, 2.05) is 24.3 Å². The Balaban J connectivity index is 1.77. The number of anilines is 2. The minimum absolute atomic E-state index is 0.0206. The molecule has 0 spiro atoms. The number of hydrogen-bond acceptors (Lipinski definition) is 2. The monoisotopic (exact) mass is 450 g/mol. The number of benzene rings is 3. The number of nitrogens with one attached hydrogen (secondary N) is 2. The van der Waals surface area contributed by atoms with Crippen LogP contribution in [-0.4, -0.2) is 11.8 Å². The fourth-order valence-electron chi connectivity index (χ4n) is 2.84. The molecule has 2 N–H and O–H groups in total. The number of para-hydroxylation sites is 1. The van der Waals surface area contributed by atoms with Gasteiger partial charge in [-0.3, -0.25) is 9.59 Å². The summed E-state index contributed by atoms with van der Waals surface area (Å²) in [6, 6.07) is 21.8. The third-order valence-electron chi connectivity index (χ3n) is 4.54. The Morgan fingerprint density at radius 3 is 2.00 bits per heavy atom. The summed E-state index contributed by atoms with van der Waals surface area (Å²) in [7, 11) is 0. The fourth-order valence-corrected chi connectivity index (χ4v) is 3.10. The Morgan fingerprint density at radius 1 is 0.759 bits per heavy atom. The first-order chi connectivity index (χ1) is 13.7. The van der Waals surface area contributed by atoms with E-state index in [9.17, 15) is 9.59 Å². The molecule has 0 aromatic heterocycles. The van der Waals surface area contributed by atoms with Gasteiger partial charge in [0.2, 0.25) is 0 Å². The molecular formula is C24H23BrN2O2. The normalized spacial score (nSPS) is 11.0. The average Bonchev–Trinajstić information content (AvgIpc) is 2.69. The lowest BCUT2D eigenvalue weighted by Crippen LogP contribution is -2.18. The van der Waals surface area contributed by atoms with E-state index in [0.29, 0.717) is 22.5 Å². The van der Waals surface area contributed by atoms with Crippen molar-refractivity contribution in [3.05, 3.63) is 94.0 Å². The minimum atomic E-state index is -0.286. The largest absolute Gasteiger partial charge is 0.322 e. The lowest BCUT2D eigenvalue weighted by molar-refractivity contribution is 0.102. The van der Waals surface area contributed by atoms with Crippen molar-refractivity contribution in [3.63, 3.8) is 0 Å². The van der Waals surface area contributed by atoms with E-state index in [1.165, 1.54) is 0 Å². The number of hydrogen-bond donors (Lipinski definition) is 2.